The number of aryl methyl sites for hydroxylation is 1. The van der Waals surface area contributed by atoms with Crippen LogP contribution in [-0.2, 0) is 0 Å². The van der Waals surface area contributed by atoms with Crippen molar-refractivity contribution in [3.8, 4) is 11.5 Å². The molecule has 0 spiro atoms. The predicted molar refractivity (Wildman–Crippen MR) is 48.9 cm³/mol. The Morgan fingerprint density at radius 2 is 2.14 bits per heavy atom. The van der Waals surface area contributed by atoms with Crippen molar-refractivity contribution in [1.29, 1.82) is 0 Å². The second-order valence-electron chi connectivity index (χ2n) is 3.05. The highest BCUT2D eigenvalue weighted by atomic mass is 16.5. The first kappa shape index (κ1) is 8.74. The molecule has 0 radical (unpaired) electrons. The van der Waals surface area contributed by atoms with Crippen LogP contribution < -0.4 is 0 Å². The summed E-state index contributed by atoms with van der Waals surface area (Å²) in [5, 5.41) is 3.73. The normalized spacial score (nSPS) is 10.4. The fourth-order valence-electron chi connectivity index (χ4n) is 1.14. The maximum absolute atomic E-state index is 11.0. The van der Waals surface area contributed by atoms with E-state index in [4.69, 9.17) is 8.94 Å². The second-order valence-corrected chi connectivity index (χ2v) is 3.05. The Bertz CT molecular complexity index is 467. The van der Waals surface area contributed by atoms with E-state index in [1.54, 1.807) is 18.2 Å². The second kappa shape index (κ2) is 3.14. The average molecular weight is 191 g/mol. The van der Waals surface area contributed by atoms with Crippen molar-refractivity contribution in [3.05, 3.63) is 29.7 Å². The number of carbonyl (C=O) groups is 1. The Labute approximate surface area is 80.5 Å². The minimum Gasteiger partial charge on any atom is -0.450 e. The highest BCUT2D eigenvalue weighted by molar-refractivity contribution is 5.91. The van der Waals surface area contributed by atoms with Crippen molar-refractivity contribution >= 4 is 5.78 Å². The first-order chi connectivity index (χ1) is 6.66. The molecule has 2 aromatic heterocycles. The summed E-state index contributed by atoms with van der Waals surface area (Å²) in [4.78, 5) is 11.0. The van der Waals surface area contributed by atoms with Gasteiger partial charge in [-0.3, -0.25) is 4.79 Å². The van der Waals surface area contributed by atoms with E-state index in [1.165, 1.54) is 6.92 Å². The van der Waals surface area contributed by atoms with Crippen molar-refractivity contribution in [2.45, 2.75) is 13.8 Å². The maximum atomic E-state index is 11.0. The number of aromatic nitrogens is 1. The molecule has 4 nitrogen and oxygen atoms in total. The van der Waals surface area contributed by atoms with Crippen LogP contribution in [0.2, 0.25) is 0 Å². The number of rotatable bonds is 2. The zero-order valence-electron chi connectivity index (χ0n) is 7.90. The molecule has 0 bridgehead atoms. The monoisotopic (exact) mass is 191 g/mol. The number of Topliss-reactive ketones (excluding diaryl/α,β-unsaturated/α-hetero) is 1. The predicted octanol–water partition coefficient (Wildman–Crippen LogP) is 2.45. The number of ketones is 1. The van der Waals surface area contributed by atoms with Crippen LogP contribution in [0.4, 0.5) is 0 Å². The van der Waals surface area contributed by atoms with Gasteiger partial charge in [0.25, 0.3) is 0 Å². The van der Waals surface area contributed by atoms with Crippen molar-refractivity contribution in [3.63, 3.8) is 0 Å². The van der Waals surface area contributed by atoms with E-state index in [1.807, 2.05) is 6.92 Å². The molecule has 2 rings (SSSR count). The number of hydrogen-bond acceptors (Lipinski definition) is 4. The molecule has 0 saturated heterocycles. The summed E-state index contributed by atoms with van der Waals surface area (Å²) in [6, 6.07) is 5.06. The van der Waals surface area contributed by atoms with Gasteiger partial charge in [-0.2, -0.15) is 0 Å². The molecule has 0 aromatic carbocycles. The van der Waals surface area contributed by atoms with Gasteiger partial charge in [0.2, 0.25) is 5.76 Å². The van der Waals surface area contributed by atoms with E-state index in [0.29, 0.717) is 17.3 Å². The lowest BCUT2D eigenvalue weighted by atomic mass is 10.3. The van der Waals surface area contributed by atoms with Crippen LogP contribution in [-0.4, -0.2) is 10.9 Å². The Hall–Kier alpha value is -1.84. The molecule has 0 aliphatic heterocycles. The zero-order valence-corrected chi connectivity index (χ0v) is 7.90. The summed E-state index contributed by atoms with van der Waals surface area (Å²) in [6.45, 7) is 3.27. The standard InChI is InChI=1S/C10H9NO3/c1-6-5-10(14-11-6)9-4-3-8(13-9)7(2)12/h3-5H,1-2H3. The van der Waals surface area contributed by atoms with Gasteiger partial charge >= 0.3 is 0 Å². The molecule has 4 heteroatoms. The summed E-state index contributed by atoms with van der Waals surface area (Å²) < 4.78 is 10.2. The van der Waals surface area contributed by atoms with E-state index in [-0.39, 0.29) is 5.78 Å². The Balaban J connectivity index is 2.38. The number of furan rings is 1. The van der Waals surface area contributed by atoms with Crippen LogP contribution in [0.3, 0.4) is 0 Å². The minimum absolute atomic E-state index is 0.104. The van der Waals surface area contributed by atoms with Crippen LogP contribution in [0.15, 0.2) is 27.1 Å². The van der Waals surface area contributed by atoms with E-state index in [2.05, 4.69) is 5.16 Å². The van der Waals surface area contributed by atoms with Gasteiger partial charge in [0.05, 0.1) is 5.69 Å². The van der Waals surface area contributed by atoms with Gasteiger partial charge in [0, 0.05) is 13.0 Å². The van der Waals surface area contributed by atoms with Crippen LogP contribution in [0.5, 0.6) is 0 Å². The lowest BCUT2D eigenvalue weighted by Gasteiger charge is -1.87. The lowest BCUT2D eigenvalue weighted by Crippen LogP contribution is -1.85. The average Bonchev–Trinajstić information content (AvgIpc) is 2.70. The molecule has 0 aliphatic rings. The smallest absolute Gasteiger partial charge is 0.202 e. The third-order valence-corrected chi connectivity index (χ3v) is 1.82. The van der Waals surface area contributed by atoms with Crippen LogP contribution in [0, 0.1) is 6.92 Å². The minimum atomic E-state index is -0.104. The van der Waals surface area contributed by atoms with Gasteiger partial charge in [-0.1, -0.05) is 5.16 Å². The molecule has 0 saturated carbocycles. The third kappa shape index (κ3) is 1.46. The molecule has 0 unspecified atom stereocenters. The largest absolute Gasteiger partial charge is 0.450 e. The quantitative estimate of drug-likeness (QED) is 0.684. The third-order valence-electron chi connectivity index (χ3n) is 1.82. The molecule has 0 N–H and O–H groups in total. The Kier molecular flexibility index (Phi) is 1.96. The molecule has 0 aliphatic carbocycles. The molecule has 2 heterocycles. The Morgan fingerprint density at radius 3 is 2.64 bits per heavy atom. The van der Waals surface area contributed by atoms with Gasteiger partial charge in [0.1, 0.15) is 0 Å². The lowest BCUT2D eigenvalue weighted by molar-refractivity contribution is 0.0988. The molecule has 0 fully saturated rings. The van der Waals surface area contributed by atoms with Gasteiger partial charge in [0.15, 0.2) is 17.3 Å². The highest BCUT2D eigenvalue weighted by Crippen LogP contribution is 2.22. The van der Waals surface area contributed by atoms with Crippen LogP contribution >= 0.6 is 0 Å². The van der Waals surface area contributed by atoms with Gasteiger partial charge in [-0.25, -0.2) is 0 Å². The summed E-state index contributed by atoms with van der Waals surface area (Å²) in [5.74, 6) is 1.28. The molecule has 72 valence electrons. The number of nitrogens with zero attached hydrogens (tertiary/aromatic N) is 1. The molecule has 2 aromatic rings. The summed E-state index contributed by atoms with van der Waals surface area (Å²) in [5.41, 5.74) is 0.778. The van der Waals surface area contributed by atoms with Crippen LogP contribution in [0.1, 0.15) is 23.2 Å². The Morgan fingerprint density at radius 1 is 1.36 bits per heavy atom. The molecular formula is C10H9NO3. The number of hydrogen-bond donors (Lipinski definition) is 0. The molecule has 0 amide bonds. The fourth-order valence-corrected chi connectivity index (χ4v) is 1.14. The van der Waals surface area contributed by atoms with Gasteiger partial charge in [-0.15, -0.1) is 0 Å². The van der Waals surface area contributed by atoms with Crippen molar-refractivity contribution in [2.24, 2.45) is 0 Å². The van der Waals surface area contributed by atoms with E-state index < -0.39 is 0 Å². The first-order valence-corrected chi connectivity index (χ1v) is 4.21. The summed E-state index contributed by atoms with van der Waals surface area (Å²) in [7, 11) is 0. The van der Waals surface area contributed by atoms with Gasteiger partial charge < -0.3 is 8.94 Å². The van der Waals surface area contributed by atoms with Crippen molar-refractivity contribution < 1.29 is 13.7 Å². The highest BCUT2D eigenvalue weighted by Gasteiger charge is 2.11. The molecular weight excluding hydrogens is 182 g/mol. The zero-order chi connectivity index (χ0) is 10.1. The molecule has 14 heavy (non-hydrogen) atoms. The number of carbonyl (C=O) groups excluding carboxylic acids is 1. The summed E-state index contributed by atoms with van der Waals surface area (Å²) in [6.07, 6.45) is 0. The topological polar surface area (TPSA) is 56.2 Å². The summed E-state index contributed by atoms with van der Waals surface area (Å²) >= 11 is 0. The van der Waals surface area contributed by atoms with Crippen molar-refractivity contribution in [1.82, 2.24) is 5.16 Å². The first-order valence-electron chi connectivity index (χ1n) is 4.21. The molecule has 0 atom stereocenters. The van der Waals surface area contributed by atoms with E-state index in [0.717, 1.165) is 5.69 Å². The van der Waals surface area contributed by atoms with Gasteiger partial charge in [-0.05, 0) is 19.1 Å². The van der Waals surface area contributed by atoms with E-state index >= 15 is 0 Å². The van der Waals surface area contributed by atoms with Crippen molar-refractivity contribution in [2.75, 3.05) is 0 Å². The maximum Gasteiger partial charge on any atom is 0.202 e. The fraction of sp³-hybridized carbons (Fsp3) is 0.200. The van der Waals surface area contributed by atoms with Crippen LogP contribution in [0.25, 0.3) is 11.5 Å². The SMILES string of the molecule is CC(=O)c1ccc(-c2cc(C)no2)o1. The van der Waals surface area contributed by atoms with E-state index in [9.17, 15) is 4.79 Å².